The molecule has 7 heteroatoms. The minimum absolute atomic E-state index is 0.0218. The molecule has 2 aromatic carbocycles. The average Bonchev–Trinajstić information content (AvgIpc) is 3.26. The minimum Gasteiger partial charge on any atom is -0.496 e. The maximum Gasteiger partial charge on any atom is 0.195 e. The Bertz CT molecular complexity index is 1180. The van der Waals surface area contributed by atoms with Gasteiger partial charge in [-0.15, -0.1) is 0 Å². The topological polar surface area (TPSA) is 72.7 Å². The average molecular weight is 453 g/mol. The summed E-state index contributed by atoms with van der Waals surface area (Å²) in [6, 6.07) is 12.9. The van der Waals surface area contributed by atoms with Crippen molar-refractivity contribution in [1.82, 2.24) is 9.88 Å². The maximum absolute atomic E-state index is 13.7. The van der Waals surface area contributed by atoms with E-state index in [4.69, 9.17) is 21.1 Å². The van der Waals surface area contributed by atoms with E-state index < -0.39 is 5.60 Å². The van der Waals surface area contributed by atoms with Gasteiger partial charge in [-0.3, -0.25) is 4.79 Å². The van der Waals surface area contributed by atoms with Crippen LogP contribution in [0, 0.1) is 0 Å². The van der Waals surface area contributed by atoms with E-state index >= 15 is 0 Å². The molecule has 32 heavy (non-hydrogen) atoms. The summed E-state index contributed by atoms with van der Waals surface area (Å²) in [5.41, 5.74) is 3.21. The van der Waals surface area contributed by atoms with E-state index in [0.29, 0.717) is 28.3 Å². The van der Waals surface area contributed by atoms with Gasteiger partial charge in [0.1, 0.15) is 11.5 Å². The third-order valence-corrected chi connectivity index (χ3v) is 6.63. The van der Waals surface area contributed by atoms with Gasteiger partial charge in [-0.2, -0.15) is 0 Å². The number of rotatable bonds is 5. The Morgan fingerprint density at radius 2 is 2.03 bits per heavy atom. The number of aliphatic hydroxyl groups excluding tert-OH is 1. The largest absolute Gasteiger partial charge is 0.496 e. The third-order valence-electron chi connectivity index (χ3n) is 6.39. The van der Waals surface area contributed by atoms with E-state index in [-0.39, 0.29) is 12.4 Å². The molecule has 1 aromatic heterocycles. The van der Waals surface area contributed by atoms with Crippen molar-refractivity contribution in [1.29, 1.82) is 0 Å². The number of piperidine rings is 1. The van der Waals surface area contributed by atoms with Crippen molar-refractivity contribution < 1.29 is 19.4 Å². The van der Waals surface area contributed by atoms with E-state index in [1.807, 2.05) is 36.5 Å². The summed E-state index contributed by atoms with van der Waals surface area (Å²) >= 11 is 6.25. The van der Waals surface area contributed by atoms with Crippen LogP contribution in [-0.4, -0.2) is 42.3 Å². The van der Waals surface area contributed by atoms with Crippen molar-refractivity contribution in [2.75, 3.05) is 26.8 Å². The molecule has 2 aliphatic heterocycles. The number of carbonyl (C=O) groups excluding carboxylic acids is 1. The summed E-state index contributed by atoms with van der Waals surface area (Å²) in [5.74, 6) is 1.26. The summed E-state index contributed by atoms with van der Waals surface area (Å²) in [7, 11) is 1.57. The van der Waals surface area contributed by atoms with Crippen LogP contribution in [0.5, 0.6) is 11.5 Å². The predicted octanol–water partition coefficient (Wildman–Crippen LogP) is 3.88. The molecule has 3 heterocycles. The number of halogens is 1. The van der Waals surface area contributed by atoms with Crippen molar-refractivity contribution in [3.63, 3.8) is 0 Å². The zero-order chi connectivity index (χ0) is 22.3. The molecule has 6 nitrogen and oxygen atoms in total. The molecule has 5 rings (SSSR count). The quantitative estimate of drug-likeness (QED) is 0.575. The molecule has 2 N–H and O–H groups in total. The molecule has 0 aliphatic carbocycles. The molecule has 166 valence electrons. The van der Waals surface area contributed by atoms with Gasteiger partial charge >= 0.3 is 0 Å². The molecule has 0 bridgehead atoms. The van der Waals surface area contributed by atoms with Crippen molar-refractivity contribution in [3.05, 3.63) is 76.1 Å². The number of carbonyl (C=O) groups is 1. The molecule has 0 radical (unpaired) electrons. The van der Waals surface area contributed by atoms with Crippen LogP contribution >= 0.6 is 11.6 Å². The first-order valence-electron chi connectivity index (χ1n) is 10.8. The normalized spacial score (nSPS) is 16.2. The molecular formula is C25H25ClN2O4. The Balaban J connectivity index is 1.63. The molecule has 1 spiro atoms. The number of benzene rings is 2. The van der Waals surface area contributed by atoms with Crippen molar-refractivity contribution in [2.24, 2.45) is 0 Å². The highest BCUT2D eigenvalue weighted by Crippen LogP contribution is 2.46. The van der Waals surface area contributed by atoms with Gasteiger partial charge in [0.15, 0.2) is 11.4 Å². The lowest BCUT2D eigenvalue weighted by atomic mass is 9.83. The fourth-order valence-corrected chi connectivity index (χ4v) is 5.01. The van der Waals surface area contributed by atoms with Crippen LogP contribution in [0.2, 0.25) is 5.02 Å². The van der Waals surface area contributed by atoms with Crippen molar-refractivity contribution >= 4 is 17.4 Å². The Kier molecular flexibility index (Phi) is 5.45. The van der Waals surface area contributed by atoms with Gasteiger partial charge in [-0.25, -0.2) is 0 Å². The van der Waals surface area contributed by atoms with Gasteiger partial charge < -0.3 is 24.5 Å². The number of hydrogen-bond donors (Lipinski definition) is 2. The number of hydrogen-bond acceptors (Lipinski definition) is 5. The molecule has 1 fully saturated rings. The highest BCUT2D eigenvalue weighted by atomic mass is 35.5. The fraction of sp³-hybridized carbons (Fsp3) is 0.320. The van der Waals surface area contributed by atoms with Crippen molar-refractivity contribution in [3.8, 4) is 17.2 Å². The van der Waals surface area contributed by atoms with Crippen LogP contribution in [0.15, 0.2) is 48.7 Å². The molecule has 0 amide bonds. The molecule has 0 unspecified atom stereocenters. The third kappa shape index (κ3) is 3.39. The number of fused-ring (bicyclic) bond motifs is 4. The Hall–Kier alpha value is -2.80. The van der Waals surface area contributed by atoms with Crippen LogP contribution < -0.4 is 14.8 Å². The van der Waals surface area contributed by atoms with Crippen LogP contribution in [0.4, 0.5) is 0 Å². The predicted molar refractivity (Wildman–Crippen MR) is 122 cm³/mol. The second kappa shape index (κ2) is 8.28. The number of aromatic nitrogens is 1. The monoisotopic (exact) mass is 452 g/mol. The number of ether oxygens (including phenoxy) is 2. The second-order valence-electron chi connectivity index (χ2n) is 8.24. The minimum atomic E-state index is -0.599. The van der Waals surface area contributed by atoms with E-state index in [2.05, 4.69) is 9.88 Å². The fourth-order valence-electron chi connectivity index (χ4n) is 4.85. The molecule has 0 atom stereocenters. The number of ketones is 1. The van der Waals surface area contributed by atoms with Gasteiger partial charge in [-0.05, 0) is 49.3 Å². The molecule has 1 saturated heterocycles. The maximum atomic E-state index is 13.7. The Morgan fingerprint density at radius 1 is 1.22 bits per heavy atom. The summed E-state index contributed by atoms with van der Waals surface area (Å²) in [6.07, 6.45) is 3.92. The SMILES string of the molecule is COc1cc(C(=O)c2ccn3c2C2(CCNCC2)Oc2cc(Cl)ccc2-3)ccc1CCO. The van der Waals surface area contributed by atoms with Gasteiger partial charge in [-0.1, -0.05) is 23.7 Å². The molecule has 3 aromatic rings. The van der Waals surface area contributed by atoms with Gasteiger partial charge in [0.2, 0.25) is 0 Å². The van der Waals surface area contributed by atoms with Crippen LogP contribution in [0.1, 0.15) is 40.0 Å². The summed E-state index contributed by atoms with van der Waals surface area (Å²) in [4.78, 5) is 13.7. The lowest BCUT2D eigenvalue weighted by Crippen LogP contribution is -2.47. The highest BCUT2D eigenvalue weighted by Gasteiger charge is 2.45. The Labute approximate surface area is 191 Å². The lowest BCUT2D eigenvalue weighted by Gasteiger charge is -2.43. The molecule has 2 aliphatic rings. The summed E-state index contributed by atoms with van der Waals surface area (Å²) in [6.45, 7) is 1.63. The summed E-state index contributed by atoms with van der Waals surface area (Å²) < 4.78 is 14.1. The smallest absolute Gasteiger partial charge is 0.195 e. The second-order valence-corrected chi connectivity index (χ2v) is 8.67. The number of nitrogens with one attached hydrogen (secondary N) is 1. The highest BCUT2D eigenvalue weighted by molar-refractivity contribution is 6.30. The standard InChI is InChI=1S/C25H25ClN2O4/c1-31-21-14-17(3-2-16(21)7-13-29)23(30)19-6-12-28-20-5-4-18(26)15-22(20)32-25(24(19)28)8-10-27-11-9-25/h2-6,12,14-15,27,29H,7-11,13H2,1H3. The van der Waals surface area contributed by atoms with Gasteiger partial charge in [0.05, 0.1) is 18.5 Å². The first-order valence-corrected chi connectivity index (χ1v) is 11.2. The number of methoxy groups -OCH3 is 1. The lowest BCUT2D eigenvalue weighted by molar-refractivity contribution is 0.0194. The zero-order valence-electron chi connectivity index (χ0n) is 17.9. The van der Waals surface area contributed by atoms with Crippen LogP contribution in [-0.2, 0) is 12.0 Å². The number of nitrogens with zero attached hydrogens (tertiary/aromatic N) is 1. The van der Waals surface area contributed by atoms with Gasteiger partial charge in [0, 0.05) is 47.9 Å². The van der Waals surface area contributed by atoms with Crippen LogP contribution in [0.3, 0.4) is 0 Å². The van der Waals surface area contributed by atoms with E-state index in [1.54, 1.807) is 19.2 Å². The molecular weight excluding hydrogens is 428 g/mol. The number of aliphatic hydroxyl groups is 1. The first-order chi connectivity index (χ1) is 15.6. The van der Waals surface area contributed by atoms with E-state index in [0.717, 1.165) is 48.6 Å². The Morgan fingerprint density at radius 3 is 2.78 bits per heavy atom. The summed E-state index contributed by atoms with van der Waals surface area (Å²) in [5, 5.41) is 13.3. The van der Waals surface area contributed by atoms with Crippen LogP contribution in [0.25, 0.3) is 5.69 Å². The van der Waals surface area contributed by atoms with Crippen molar-refractivity contribution in [2.45, 2.75) is 24.9 Å². The molecule has 0 saturated carbocycles. The van der Waals surface area contributed by atoms with E-state index in [9.17, 15) is 9.90 Å². The first kappa shape index (κ1) is 21.1. The van der Waals surface area contributed by atoms with E-state index in [1.165, 1.54) is 0 Å². The zero-order valence-corrected chi connectivity index (χ0v) is 18.6. The van der Waals surface area contributed by atoms with Gasteiger partial charge in [0.25, 0.3) is 0 Å².